The molecule has 2 aromatic rings. The highest BCUT2D eigenvalue weighted by molar-refractivity contribution is 7.08. The number of rotatable bonds is 3. The number of hydrogen-bond donors (Lipinski definition) is 0. The molecule has 0 saturated carbocycles. The van der Waals surface area contributed by atoms with E-state index in [-0.39, 0.29) is 12.1 Å². The third kappa shape index (κ3) is 4.31. The van der Waals surface area contributed by atoms with E-state index < -0.39 is 5.60 Å². The van der Waals surface area contributed by atoms with E-state index in [1.165, 1.54) is 0 Å². The van der Waals surface area contributed by atoms with E-state index in [4.69, 9.17) is 4.74 Å². The van der Waals surface area contributed by atoms with Gasteiger partial charge in [-0.1, -0.05) is 0 Å². The smallest absolute Gasteiger partial charge is 0.410 e. The molecular weight excluding hydrogens is 334 g/mol. The SMILES string of the molecule is CN(C(=O)OC(C)(C)C)C1CCN(c2ccnc(-c3ccsc3)c2)C1. The summed E-state index contributed by atoms with van der Waals surface area (Å²) in [7, 11) is 1.82. The standard InChI is InChI=1S/C19H25N3O2S/c1-19(2,3)24-18(23)21(4)16-6-9-22(12-16)15-5-8-20-17(11-15)14-7-10-25-13-14/h5,7-8,10-11,13,16H,6,9,12H2,1-4H3. The highest BCUT2D eigenvalue weighted by atomic mass is 32.1. The summed E-state index contributed by atoms with van der Waals surface area (Å²) in [5, 5.41) is 4.17. The molecule has 134 valence electrons. The molecule has 1 unspecified atom stereocenters. The number of hydrogen-bond acceptors (Lipinski definition) is 5. The van der Waals surface area contributed by atoms with E-state index in [0.29, 0.717) is 0 Å². The molecule has 6 heteroatoms. The number of ether oxygens (including phenoxy) is 1. The number of thiophene rings is 1. The topological polar surface area (TPSA) is 45.7 Å². The minimum atomic E-state index is -0.468. The first kappa shape index (κ1) is 17.7. The predicted molar refractivity (Wildman–Crippen MR) is 102 cm³/mol. The number of carbonyl (C=O) groups excluding carboxylic acids is 1. The summed E-state index contributed by atoms with van der Waals surface area (Å²) >= 11 is 1.67. The largest absolute Gasteiger partial charge is 0.444 e. The van der Waals surface area contributed by atoms with Gasteiger partial charge in [0.05, 0.1) is 11.7 Å². The van der Waals surface area contributed by atoms with E-state index in [2.05, 4.69) is 32.8 Å². The second kappa shape index (κ2) is 7.04. The van der Waals surface area contributed by atoms with Gasteiger partial charge in [-0.15, -0.1) is 0 Å². The molecular formula is C19H25N3O2S. The van der Waals surface area contributed by atoms with Gasteiger partial charge >= 0.3 is 6.09 Å². The third-order valence-electron chi connectivity index (χ3n) is 4.32. The number of pyridine rings is 1. The summed E-state index contributed by atoms with van der Waals surface area (Å²) < 4.78 is 5.48. The summed E-state index contributed by atoms with van der Waals surface area (Å²) in [6, 6.07) is 6.40. The van der Waals surface area contributed by atoms with Crippen molar-refractivity contribution < 1.29 is 9.53 Å². The average molecular weight is 359 g/mol. The van der Waals surface area contributed by atoms with Crippen LogP contribution >= 0.6 is 11.3 Å². The van der Waals surface area contributed by atoms with Gasteiger partial charge in [0, 0.05) is 43.0 Å². The van der Waals surface area contributed by atoms with Gasteiger partial charge in [0.1, 0.15) is 5.60 Å². The minimum Gasteiger partial charge on any atom is -0.444 e. The lowest BCUT2D eigenvalue weighted by atomic mass is 10.2. The molecule has 1 amide bonds. The second-order valence-electron chi connectivity index (χ2n) is 7.39. The lowest BCUT2D eigenvalue weighted by Crippen LogP contribution is -2.42. The molecule has 1 saturated heterocycles. The Morgan fingerprint density at radius 2 is 2.20 bits per heavy atom. The Bertz CT molecular complexity index is 725. The monoisotopic (exact) mass is 359 g/mol. The first-order valence-corrected chi connectivity index (χ1v) is 9.47. The Morgan fingerprint density at radius 3 is 2.88 bits per heavy atom. The van der Waals surface area contributed by atoms with Gasteiger partial charge in [0.15, 0.2) is 0 Å². The third-order valence-corrected chi connectivity index (χ3v) is 5.00. The maximum absolute atomic E-state index is 12.3. The van der Waals surface area contributed by atoms with E-state index in [1.54, 1.807) is 16.2 Å². The molecule has 2 aromatic heterocycles. The maximum Gasteiger partial charge on any atom is 0.410 e. The average Bonchev–Trinajstić information content (AvgIpc) is 3.24. The minimum absolute atomic E-state index is 0.160. The first-order chi connectivity index (χ1) is 11.8. The molecule has 5 nitrogen and oxygen atoms in total. The Balaban J connectivity index is 1.67. The van der Waals surface area contributed by atoms with E-state index in [1.807, 2.05) is 40.1 Å². The van der Waals surface area contributed by atoms with Crippen molar-refractivity contribution >= 4 is 23.1 Å². The van der Waals surface area contributed by atoms with Crippen LogP contribution in [0.2, 0.25) is 0 Å². The van der Waals surface area contributed by atoms with Gasteiger partial charge in [-0.3, -0.25) is 4.98 Å². The molecule has 0 radical (unpaired) electrons. The van der Waals surface area contributed by atoms with Crippen molar-refractivity contribution in [3.05, 3.63) is 35.2 Å². The molecule has 0 bridgehead atoms. The van der Waals surface area contributed by atoms with Crippen molar-refractivity contribution in [3.63, 3.8) is 0 Å². The highest BCUT2D eigenvalue weighted by Crippen LogP contribution is 2.27. The van der Waals surface area contributed by atoms with Crippen LogP contribution in [0.4, 0.5) is 10.5 Å². The fourth-order valence-electron chi connectivity index (χ4n) is 2.96. The lowest BCUT2D eigenvalue weighted by molar-refractivity contribution is 0.0238. The van der Waals surface area contributed by atoms with Gasteiger partial charge in [0.2, 0.25) is 0 Å². The van der Waals surface area contributed by atoms with Crippen LogP contribution in [0.1, 0.15) is 27.2 Å². The van der Waals surface area contributed by atoms with Crippen LogP contribution in [0.15, 0.2) is 35.2 Å². The van der Waals surface area contributed by atoms with Crippen LogP contribution in [0.3, 0.4) is 0 Å². The number of anilines is 1. The zero-order valence-electron chi connectivity index (χ0n) is 15.2. The van der Waals surface area contributed by atoms with Crippen LogP contribution in [-0.2, 0) is 4.74 Å². The van der Waals surface area contributed by atoms with Crippen molar-refractivity contribution in [2.45, 2.75) is 38.8 Å². The molecule has 1 aliphatic heterocycles. The molecule has 1 aliphatic rings. The summed E-state index contributed by atoms with van der Waals surface area (Å²) in [6.45, 7) is 7.40. The fourth-order valence-corrected chi connectivity index (χ4v) is 3.61. The van der Waals surface area contributed by atoms with Crippen LogP contribution in [0, 0.1) is 0 Å². The van der Waals surface area contributed by atoms with Crippen LogP contribution in [0.25, 0.3) is 11.3 Å². The van der Waals surface area contributed by atoms with Crippen molar-refractivity contribution in [1.82, 2.24) is 9.88 Å². The van der Waals surface area contributed by atoms with Crippen molar-refractivity contribution in [1.29, 1.82) is 0 Å². The number of aromatic nitrogens is 1. The molecule has 1 atom stereocenters. The molecule has 0 aromatic carbocycles. The highest BCUT2D eigenvalue weighted by Gasteiger charge is 2.31. The van der Waals surface area contributed by atoms with Gasteiger partial charge < -0.3 is 14.5 Å². The van der Waals surface area contributed by atoms with E-state index in [9.17, 15) is 4.79 Å². The number of nitrogens with zero attached hydrogens (tertiary/aromatic N) is 3. The zero-order valence-corrected chi connectivity index (χ0v) is 16.0. The summed E-state index contributed by atoms with van der Waals surface area (Å²) in [5.41, 5.74) is 2.82. The van der Waals surface area contributed by atoms with Gasteiger partial charge in [0.25, 0.3) is 0 Å². The zero-order chi connectivity index (χ0) is 18.0. The van der Waals surface area contributed by atoms with Gasteiger partial charge in [-0.25, -0.2) is 4.79 Å². The van der Waals surface area contributed by atoms with Crippen LogP contribution in [-0.4, -0.2) is 47.8 Å². The number of carbonyl (C=O) groups is 1. The summed E-state index contributed by atoms with van der Waals surface area (Å²) in [4.78, 5) is 20.8. The van der Waals surface area contributed by atoms with E-state index in [0.717, 1.165) is 36.5 Å². The molecule has 3 rings (SSSR count). The van der Waals surface area contributed by atoms with Crippen molar-refractivity contribution in [2.75, 3.05) is 25.0 Å². The molecule has 3 heterocycles. The fraction of sp³-hybridized carbons (Fsp3) is 0.474. The lowest BCUT2D eigenvalue weighted by Gasteiger charge is -2.28. The predicted octanol–water partition coefficient (Wildman–Crippen LogP) is 4.26. The number of likely N-dealkylation sites (N-methyl/N-ethyl adjacent to an activating group) is 1. The van der Waals surface area contributed by atoms with Crippen molar-refractivity contribution in [3.8, 4) is 11.3 Å². The Morgan fingerprint density at radius 1 is 1.40 bits per heavy atom. The second-order valence-corrected chi connectivity index (χ2v) is 8.17. The molecule has 0 N–H and O–H groups in total. The molecule has 1 fully saturated rings. The molecule has 0 spiro atoms. The van der Waals surface area contributed by atoms with Gasteiger partial charge in [-0.05, 0) is 50.8 Å². The normalized spacial score (nSPS) is 17.6. The molecule has 0 aliphatic carbocycles. The number of amides is 1. The van der Waals surface area contributed by atoms with Crippen molar-refractivity contribution in [2.24, 2.45) is 0 Å². The summed E-state index contributed by atoms with van der Waals surface area (Å²) in [6.07, 6.45) is 2.53. The Kier molecular flexibility index (Phi) is 4.99. The first-order valence-electron chi connectivity index (χ1n) is 8.53. The van der Waals surface area contributed by atoms with Crippen LogP contribution < -0.4 is 4.90 Å². The molecule has 25 heavy (non-hydrogen) atoms. The van der Waals surface area contributed by atoms with Crippen LogP contribution in [0.5, 0.6) is 0 Å². The Hall–Kier alpha value is -2.08. The Labute approximate surface area is 153 Å². The summed E-state index contributed by atoms with van der Waals surface area (Å²) in [5.74, 6) is 0. The van der Waals surface area contributed by atoms with E-state index >= 15 is 0 Å². The van der Waals surface area contributed by atoms with Gasteiger partial charge in [-0.2, -0.15) is 11.3 Å². The quantitative estimate of drug-likeness (QED) is 0.822. The maximum atomic E-state index is 12.3.